The zero-order chi connectivity index (χ0) is 13.2. The highest BCUT2D eigenvalue weighted by Crippen LogP contribution is 2.23. The van der Waals surface area contributed by atoms with Gasteiger partial charge in [0, 0.05) is 17.1 Å². The molecule has 1 atom stereocenters. The van der Waals surface area contributed by atoms with E-state index in [4.69, 9.17) is 4.74 Å². The molecule has 1 aromatic carbocycles. The molecule has 1 aromatic rings. The van der Waals surface area contributed by atoms with Crippen molar-refractivity contribution in [2.24, 2.45) is 0 Å². The lowest BCUT2D eigenvalue weighted by atomic mass is 10.2. The molecule has 1 unspecified atom stereocenters. The molecule has 1 saturated heterocycles. The molecular formula is C12H16BrNO3S. The van der Waals surface area contributed by atoms with Crippen LogP contribution in [0.1, 0.15) is 13.3 Å². The number of ether oxygens (including phenoxy) is 1. The maximum Gasteiger partial charge on any atom is 0.243 e. The van der Waals surface area contributed by atoms with E-state index in [2.05, 4.69) is 15.9 Å². The zero-order valence-electron chi connectivity index (χ0n) is 10.2. The molecule has 100 valence electrons. The Morgan fingerprint density at radius 3 is 2.67 bits per heavy atom. The van der Waals surface area contributed by atoms with Crippen LogP contribution < -0.4 is 0 Å². The van der Waals surface area contributed by atoms with Crippen molar-refractivity contribution in [3.63, 3.8) is 0 Å². The number of morpholine rings is 1. The van der Waals surface area contributed by atoms with E-state index in [1.54, 1.807) is 28.6 Å². The Labute approximate surface area is 116 Å². The molecule has 0 radical (unpaired) electrons. The molecule has 0 aromatic heterocycles. The Hall–Kier alpha value is -0.430. The molecule has 0 bridgehead atoms. The second-order valence-corrected chi connectivity index (χ2v) is 7.01. The number of nitrogens with zero attached hydrogens (tertiary/aromatic N) is 1. The molecule has 0 aliphatic carbocycles. The van der Waals surface area contributed by atoms with Crippen molar-refractivity contribution in [1.82, 2.24) is 4.31 Å². The van der Waals surface area contributed by atoms with Gasteiger partial charge in [0.25, 0.3) is 0 Å². The lowest BCUT2D eigenvalue weighted by Gasteiger charge is -2.33. The zero-order valence-corrected chi connectivity index (χ0v) is 12.6. The number of sulfonamides is 1. The van der Waals surface area contributed by atoms with Gasteiger partial charge in [-0.05, 0) is 30.7 Å². The van der Waals surface area contributed by atoms with E-state index in [1.807, 2.05) is 6.92 Å². The smallest absolute Gasteiger partial charge is 0.243 e. The first-order valence-corrected chi connectivity index (χ1v) is 8.14. The molecule has 1 heterocycles. The third-order valence-corrected chi connectivity index (χ3v) is 5.56. The molecule has 1 aliphatic rings. The summed E-state index contributed by atoms with van der Waals surface area (Å²) in [6.45, 7) is 3.35. The van der Waals surface area contributed by atoms with Crippen LogP contribution in [0.15, 0.2) is 33.6 Å². The lowest BCUT2D eigenvalue weighted by Crippen LogP contribution is -2.48. The minimum absolute atomic E-state index is 0.0626. The highest BCUT2D eigenvalue weighted by molar-refractivity contribution is 9.10. The van der Waals surface area contributed by atoms with Crippen LogP contribution in [0.2, 0.25) is 0 Å². The molecule has 0 N–H and O–H groups in total. The van der Waals surface area contributed by atoms with Gasteiger partial charge in [0.15, 0.2) is 0 Å². The van der Waals surface area contributed by atoms with Crippen LogP contribution in [0, 0.1) is 0 Å². The van der Waals surface area contributed by atoms with Gasteiger partial charge in [0.1, 0.15) is 0 Å². The molecule has 0 spiro atoms. The second-order valence-electron chi connectivity index (χ2n) is 4.21. The highest BCUT2D eigenvalue weighted by Gasteiger charge is 2.32. The maximum absolute atomic E-state index is 12.5. The van der Waals surface area contributed by atoms with Crippen molar-refractivity contribution >= 4 is 26.0 Å². The monoisotopic (exact) mass is 333 g/mol. The Bertz CT molecular complexity index is 501. The predicted octanol–water partition coefficient (Wildman–Crippen LogP) is 2.25. The fourth-order valence-electron chi connectivity index (χ4n) is 2.02. The number of hydrogen-bond acceptors (Lipinski definition) is 3. The van der Waals surface area contributed by atoms with Gasteiger partial charge in [-0.1, -0.05) is 22.9 Å². The van der Waals surface area contributed by atoms with Gasteiger partial charge in [-0.2, -0.15) is 4.31 Å². The standard InChI is InChI=1S/C12H16BrNO3S/c1-2-11-9-17-8-7-14(11)18(15,16)12-5-3-10(13)4-6-12/h3-6,11H,2,7-9H2,1H3. The van der Waals surface area contributed by atoms with Gasteiger partial charge in [-0.25, -0.2) is 8.42 Å². The normalized spacial score (nSPS) is 22.0. The van der Waals surface area contributed by atoms with Gasteiger partial charge in [0.2, 0.25) is 10.0 Å². The van der Waals surface area contributed by atoms with Crippen molar-refractivity contribution in [1.29, 1.82) is 0 Å². The first kappa shape index (κ1) is 14.0. The van der Waals surface area contributed by atoms with Crippen molar-refractivity contribution in [3.8, 4) is 0 Å². The Kier molecular flexibility index (Phi) is 4.42. The average Bonchev–Trinajstić information content (AvgIpc) is 2.39. The third kappa shape index (κ3) is 2.77. The predicted molar refractivity (Wildman–Crippen MR) is 72.9 cm³/mol. The lowest BCUT2D eigenvalue weighted by molar-refractivity contribution is 0.0314. The average molecular weight is 334 g/mol. The molecule has 2 rings (SSSR count). The largest absolute Gasteiger partial charge is 0.378 e. The minimum Gasteiger partial charge on any atom is -0.378 e. The fraction of sp³-hybridized carbons (Fsp3) is 0.500. The van der Waals surface area contributed by atoms with Crippen LogP contribution >= 0.6 is 15.9 Å². The van der Waals surface area contributed by atoms with E-state index in [-0.39, 0.29) is 6.04 Å². The molecule has 0 saturated carbocycles. The summed E-state index contributed by atoms with van der Waals surface area (Å²) in [5, 5.41) is 0. The number of hydrogen-bond donors (Lipinski definition) is 0. The van der Waals surface area contributed by atoms with E-state index in [9.17, 15) is 8.42 Å². The minimum atomic E-state index is -3.41. The van der Waals surface area contributed by atoms with Crippen LogP contribution in [0.4, 0.5) is 0 Å². The SMILES string of the molecule is CCC1COCCN1S(=O)(=O)c1ccc(Br)cc1. The summed E-state index contributed by atoms with van der Waals surface area (Å²) in [7, 11) is -3.41. The topological polar surface area (TPSA) is 46.6 Å². The Morgan fingerprint density at radius 2 is 2.06 bits per heavy atom. The van der Waals surface area contributed by atoms with Crippen LogP contribution in [0.25, 0.3) is 0 Å². The quantitative estimate of drug-likeness (QED) is 0.852. The molecule has 0 amide bonds. The number of halogens is 1. The summed E-state index contributed by atoms with van der Waals surface area (Å²) in [4.78, 5) is 0.339. The van der Waals surface area contributed by atoms with Crippen molar-refractivity contribution in [2.45, 2.75) is 24.3 Å². The van der Waals surface area contributed by atoms with E-state index < -0.39 is 10.0 Å². The summed E-state index contributed by atoms with van der Waals surface area (Å²) < 4.78 is 32.8. The molecule has 18 heavy (non-hydrogen) atoms. The van der Waals surface area contributed by atoms with Crippen LogP contribution in [-0.4, -0.2) is 38.5 Å². The van der Waals surface area contributed by atoms with Gasteiger partial charge in [0.05, 0.1) is 18.1 Å². The fourth-order valence-corrected chi connectivity index (χ4v) is 3.95. The van der Waals surface area contributed by atoms with Gasteiger partial charge < -0.3 is 4.74 Å². The van der Waals surface area contributed by atoms with Crippen LogP contribution in [0.3, 0.4) is 0 Å². The first-order valence-electron chi connectivity index (χ1n) is 5.91. The summed E-state index contributed by atoms with van der Waals surface area (Å²) in [5.41, 5.74) is 0. The first-order chi connectivity index (χ1) is 8.55. The second kappa shape index (κ2) is 5.69. The number of benzene rings is 1. The maximum atomic E-state index is 12.5. The van der Waals surface area contributed by atoms with E-state index in [0.717, 1.165) is 10.9 Å². The van der Waals surface area contributed by atoms with Crippen molar-refractivity contribution in [2.75, 3.05) is 19.8 Å². The van der Waals surface area contributed by atoms with Gasteiger partial charge in [-0.15, -0.1) is 0 Å². The molecule has 1 aliphatic heterocycles. The summed E-state index contributed by atoms with van der Waals surface area (Å²) in [6, 6.07) is 6.68. The summed E-state index contributed by atoms with van der Waals surface area (Å²) >= 11 is 3.31. The summed E-state index contributed by atoms with van der Waals surface area (Å²) in [5.74, 6) is 0. The molecular weight excluding hydrogens is 318 g/mol. The molecule has 4 nitrogen and oxygen atoms in total. The van der Waals surface area contributed by atoms with Crippen LogP contribution in [-0.2, 0) is 14.8 Å². The Balaban J connectivity index is 2.32. The van der Waals surface area contributed by atoms with E-state index in [1.165, 1.54) is 0 Å². The highest BCUT2D eigenvalue weighted by atomic mass is 79.9. The van der Waals surface area contributed by atoms with Gasteiger partial charge >= 0.3 is 0 Å². The Morgan fingerprint density at radius 1 is 1.39 bits per heavy atom. The van der Waals surface area contributed by atoms with E-state index in [0.29, 0.717) is 24.7 Å². The van der Waals surface area contributed by atoms with Gasteiger partial charge in [-0.3, -0.25) is 0 Å². The molecule has 1 fully saturated rings. The van der Waals surface area contributed by atoms with Crippen molar-refractivity contribution in [3.05, 3.63) is 28.7 Å². The third-order valence-electron chi connectivity index (χ3n) is 3.06. The van der Waals surface area contributed by atoms with Crippen molar-refractivity contribution < 1.29 is 13.2 Å². The van der Waals surface area contributed by atoms with E-state index >= 15 is 0 Å². The number of rotatable bonds is 3. The summed E-state index contributed by atoms with van der Waals surface area (Å²) in [6.07, 6.45) is 0.760. The van der Waals surface area contributed by atoms with Crippen LogP contribution in [0.5, 0.6) is 0 Å². The molecule has 6 heteroatoms.